The van der Waals surface area contributed by atoms with Gasteiger partial charge in [0, 0.05) is 18.7 Å². The van der Waals surface area contributed by atoms with Crippen LogP contribution < -0.4 is 15.0 Å². The highest BCUT2D eigenvalue weighted by molar-refractivity contribution is 5.97. The number of anilines is 1. The Hall–Kier alpha value is -2.82. The van der Waals surface area contributed by atoms with Crippen LogP contribution in [-0.2, 0) is 16.2 Å². The standard InChI is InChI=1S/C22H26N2O3/c1-17(25)24(15-22(26)23-19-9-5-6-10-19)20-11-13-21(14-12-20)27-16-18-7-3-2-4-8-18/h2-4,7-8,11-14,19H,5-6,9-10,15-16H2,1H3,(H,23,26). The fourth-order valence-electron chi connectivity index (χ4n) is 3.33. The van der Waals surface area contributed by atoms with Crippen LogP contribution in [0.3, 0.4) is 0 Å². The van der Waals surface area contributed by atoms with Crippen LogP contribution in [0, 0.1) is 0 Å². The highest BCUT2D eigenvalue weighted by Gasteiger charge is 2.20. The first-order chi connectivity index (χ1) is 13.1. The molecule has 0 unspecified atom stereocenters. The smallest absolute Gasteiger partial charge is 0.240 e. The number of carbonyl (C=O) groups excluding carboxylic acids is 2. The zero-order chi connectivity index (χ0) is 19.1. The number of ether oxygens (including phenoxy) is 1. The van der Waals surface area contributed by atoms with E-state index in [0.29, 0.717) is 12.3 Å². The Bertz CT molecular complexity index is 753. The van der Waals surface area contributed by atoms with E-state index in [9.17, 15) is 9.59 Å². The molecule has 27 heavy (non-hydrogen) atoms. The van der Waals surface area contributed by atoms with E-state index in [1.807, 2.05) is 54.6 Å². The average molecular weight is 366 g/mol. The highest BCUT2D eigenvalue weighted by atomic mass is 16.5. The van der Waals surface area contributed by atoms with E-state index in [1.165, 1.54) is 11.8 Å². The Morgan fingerprint density at radius 1 is 1.04 bits per heavy atom. The van der Waals surface area contributed by atoms with Crippen LogP contribution in [0.15, 0.2) is 54.6 Å². The summed E-state index contributed by atoms with van der Waals surface area (Å²) in [6.45, 7) is 2.00. The maximum absolute atomic E-state index is 12.3. The van der Waals surface area contributed by atoms with E-state index < -0.39 is 0 Å². The maximum atomic E-state index is 12.3. The monoisotopic (exact) mass is 366 g/mol. The molecule has 1 aliphatic rings. The van der Waals surface area contributed by atoms with Gasteiger partial charge < -0.3 is 15.0 Å². The lowest BCUT2D eigenvalue weighted by atomic mass is 10.2. The van der Waals surface area contributed by atoms with Crippen molar-refractivity contribution in [2.45, 2.75) is 45.3 Å². The number of nitrogens with zero attached hydrogens (tertiary/aromatic N) is 1. The van der Waals surface area contributed by atoms with Crippen LogP contribution in [0.4, 0.5) is 5.69 Å². The minimum Gasteiger partial charge on any atom is -0.489 e. The van der Waals surface area contributed by atoms with Gasteiger partial charge in [-0.15, -0.1) is 0 Å². The minimum atomic E-state index is -0.158. The molecule has 2 aromatic carbocycles. The van der Waals surface area contributed by atoms with Crippen molar-refractivity contribution >= 4 is 17.5 Å². The van der Waals surface area contributed by atoms with Gasteiger partial charge in [0.1, 0.15) is 18.9 Å². The van der Waals surface area contributed by atoms with E-state index in [4.69, 9.17) is 4.74 Å². The molecule has 1 fully saturated rings. The molecule has 1 N–H and O–H groups in total. The Balaban J connectivity index is 1.58. The molecule has 0 aliphatic heterocycles. The molecular formula is C22H26N2O3. The molecule has 0 bridgehead atoms. The van der Waals surface area contributed by atoms with Gasteiger partial charge in [0.25, 0.3) is 0 Å². The van der Waals surface area contributed by atoms with Crippen LogP contribution in [0.5, 0.6) is 5.75 Å². The van der Waals surface area contributed by atoms with Crippen LogP contribution in [0.1, 0.15) is 38.2 Å². The van der Waals surface area contributed by atoms with E-state index in [-0.39, 0.29) is 24.4 Å². The van der Waals surface area contributed by atoms with E-state index in [0.717, 1.165) is 37.0 Å². The third-order valence-corrected chi connectivity index (χ3v) is 4.80. The van der Waals surface area contributed by atoms with Gasteiger partial charge >= 0.3 is 0 Å². The van der Waals surface area contributed by atoms with Crippen molar-refractivity contribution in [1.29, 1.82) is 0 Å². The number of benzene rings is 2. The van der Waals surface area contributed by atoms with Gasteiger partial charge in [0.05, 0.1) is 0 Å². The molecule has 0 saturated heterocycles. The maximum Gasteiger partial charge on any atom is 0.240 e. The first-order valence-electron chi connectivity index (χ1n) is 9.46. The molecule has 1 aliphatic carbocycles. The van der Waals surface area contributed by atoms with Crippen LogP contribution in [0.25, 0.3) is 0 Å². The first kappa shape index (κ1) is 19.0. The molecule has 0 atom stereocenters. The van der Waals surface area contributed by atoms with E-state index in [1.54, 1.807) is 0 Å². The van der Waals surface area contributed by atoms with Gasteiger partial charge in [-0.1, -0.05) is 43.2 Å². The summed E-state index contributed by atoms with van der Waals surface area (Å²) in [6.07, 6.45) is 4.37. The van der Waals surface area contributed by atoms with Crippen molar-refractivity contribution in [3.8, 4) is 5.75 Å². The molecule has 2 aromatic rings. The quantitative estimate of drug-likeness (QED) is 0.813. The predicted octanol–water partition coefficient (Wildman–Crippen LogP) is 3.68. The summed E-state index contributed by atoms with van der Waals surface area (Å²) in [5.74, 6) is 0.456. The first-order valence-corrected chi connectivity index (χ1v) is 9.46. The number of hydrogen-bond acceptors (Lipinski definition) is 3. The molecule has 0 radical (unpaired) electrons. The van der Waals surface area contributed by atoms with Crippen LogP contribution in [0.2, 0.25) is 0 Å². The highest BCUT2D eigenvalue weighted by Crippen LogP contribution is 2.21. The van der Waals surface area contributed by atoms with Gasteiger partial charge in [-0.05, 0) is 42.7 Å². The molecule has 142 valence electrons. The van der Waals surface area contributed by atoms with Crippen molar-refractivity contribution in [3.63, 3.8) is 0 Å². The minimum absolute atomic E-state index is 0.0378. The van der Waals surface area contributed by atoms with Crippen molar-refractivity contribution in [3.05, 3.63) is 60.2 Å². The summed E-state index contributed by atoms with van der Waals surface area (Å²) in [6, 6.07) is 17.5. The van der Waals surface area contributed by atoms with Gasteiger partial charge in [0.15, 0.2) is 0 Å². The second kappa shape index (κ2) is 9.21. The fourth-order valence-corrected chi connectivity index (χ4v) is 3.33. The van der Waals surface area contributed by atoms with Crippen molar-refractivity contribution in [1.82, 2.24) is 5.32 Å². The molecule has 1 saturated carbocycles. The third kappa shape index (κ3) is 5.58. The second-order valence-corrected chi connectivity index (χ2v) is 6.92. The second-order valence-electron chi connectivity index (χ2n) is 6.92. The van der Waals surface area contributed by atoms with Gasteiger partial charge in [-0.2, -0.15) is 0 Å². The van der Waals surface area contributed by atoms with Gasteiger partial charge in [-0.25, -0.2) is 0 Å². The number of nitrogens with one attached hydrogen (secondary N) is 1. The number of amides is 2. The summed E-state index contributed by atoms with van der Waals surface area (Å²) >= 11 is 0. The molecule has 0 spiro atoms. The predicted molar refractivity (Wildman–Crippen MR) is 106 cm³/mol. The molecule has 0 aromatic heterocycles. The van der Waals surface area contributed by atoms with Crippen molar-refractivity contribution in [2.24, 2.45) is 0 Å². The lowest BCUT2D eigenvalue weighted by Gasteiger charge is -2.22. The van der Waals surface area contributed by atoms with Crippen molar-refractivity contribution < 1.29 is 14.3 Å². The molecule has 3 rings (SSSR count). The molecule has 5 nitrogen and oxygen atoms in total. The Kier molecular flexibility index (Phi) is 6.47. The molecular weight excluding hydrogens is 340 g/mol. The van der Waals surface area contributed by atoms with Crippen molar-refractivity contribution in [2.75, 3.05) is 11.4 Å². The Morgan fingerprint density at radius 3 is 2.33 bits per heavy atom. The normalized spacial score (nSPS) is 14.0. The average Bonchev–Trinajstić information content (AvgIpc) is 3.18. The molecule has 0 heterocycles. The Morgan fingerprint density at radius 2 is 1.70 bits per heavy atom. The Labute approximate surface area is 160 Å². The van der Waals surface area contributed by atoms with E-state index in [2.05, 4.69) is 5.32 Å². The third-order valence-electron chi connectivity index (χ3n) is 4.80. The van der Waals surface area contributed by atoms with Crippen LogP contribution >= 0.6 is 0 Å². The largest absolute Gasteiger partial charge is 0.489 e. The molecule has 5 heteroatoms. The number of carbonyl (C=O) groups is 2. The van der Waals surface area contributed by atoms with Gasteiger partial charge in [-0.3, -0.25) is 9.59 Å². The van der Waals surface area contributed by atoms with Crippen LogP contribution in [-0.4, -0.2) is 24.4 Å². The summed E-state index contributed by atoms with van der Waals surface area (Å²) < 4.78 is 5.77. The summed E-state index contributed by atoms with van der Waals surface area (Å²) in [4.78, 5) is 25.8. The topological polar surface area (TPSA) is 58.6 Å². The summed E-state index contributed by atoms with van der Waals surface area (Å²) in [5, 5.41) is 3.03. The molecule has 2 amide bonds. The lowest BCUT2D eigenvalue weighted by Crippen LogP contribution is -2.43. The number of hydrogen-bond donors (Lipinski definition) is 1. The summed E-state index contributed by atoms with van der Waals surface area (Å²) in [5.41, 5.74) is 1.78. The van der Waals surface area contributed by atoms with E-state index >= 15 is 0 Å². The number of rotatable bonds is 7. The lowest BCUT2D eigenvalue weighted by molar-refractivity contribution is -0.123. The SMILES string of the molecule is CC(=O)N(CC(=O)NC1CCCC1)c1ccc(OCc2ccccc2)cc1. The fraction of sp³-hybridized carbons (Fsp3) is 0.364. The zero-order valence-electron chi connectivity index (χ0n) is 15.7. The summed E-state index contributed by atoms with van der Waals surface area (Å²) in [7, 11) is 0. The van der Waals surface area contributed by atoms with Gasteiger partial charge in [0.2, 0.25) is 11.8 Å². The zero-order valence-corrected chi connectivity index (χ0v) is 15.7.